The fourth-order valence-electron chi connectivity index (χ4n) is 2.60. The van der Waals surface area contributed by atoms with E-state index in [9.17, 15) is 4.39 Å². The summed E-state index contributed by atoms with van der Waals surface area (Å²) in [6, 6.07) is 4.36. The Balaban J connectivity index is 1.98. The molecule has 1 unspecified atom stereocenters. The van der Waals surface area contributed by atoms with Crippen LogP contribution in [0.15, 0.2) is 24.4 Å². The van der Waals surface area contributed by atoms with Crippen molar-refractivity contribution >= 4 is 0 Å². The van der Waals surface area contributed by atoms with E-state index in [1.165, 1.54) is 12.1 Å². The first-order valence-corrected chi connectivity index (χ1v) is 6.26. The van der Waals surface area contributed by atoms with Crippen LogP contribution >= 0.6 is 0 Å². The number of nitrogens with zero attached hydrogens (tertiary/aromatic N) is 2. The highest BCUT2D eigenvalue weighted by Gasteiger charge is 2.29. The lowest BCUT2D eigenvalue weighted by atomic mass is 9.94. The second-order valence-corrected chi connectivity index (χ2v) is 4.97. The number of aryl methyl sites for hydroxylation is 2. The average molecular weight is 261 g/mol. The van der Waals surface area contributed by atoms with Gasteiger partial charge in [-0.15, -0.1) is 0 Å². The highest BCUT2D eigenvalue weighted by atomic mass is 19.1. The summed E-state index contributed by atoms with van der Waals surface area (Å²) in [6.45, 7) is 1.94. The molecule has 0 radical (unpaired) electrons. The Morgan fingerprint density at radius 1 is 1.42 bits per heavy atom. The van der Waals surface area contributed by atoms with Gasteiger partial charge in [0.1, 0.15) is 17.7 Å². The van der Waals surface area contributed by atoms with Gasteiger partial charge in [0.2, 0.25) is 0 Å². The molecule has 5 heteroatoms. The summed E-state index contributed by atoms with van der Waals surface area (Å²) in [5, 5.41) is 4.31. The van der Waals surface area contributed by atoms with Gasteiger partial charge >= 0.3 is 0 Å². The minimum Gasteiger partial charge on any atom is -0.485 e. The maximum Gasteiger partial charge on any atom is 0.129 e. The van der Waals surface area contributed by atoms with Crippen LogP contribution in [-0.4, -0.2) is 9.78 Å². The molecule has 0 fully saturated rings. The lowest BCUT2D eigenvalue weighted by Crippen LogP contribution is -2.24. The van der Waals surface area contributed by atoms with Gasteiger partial charge in [0, 0.05) is 42.9 Å². The first-order valence-electron chi connectivity index (χ1n) is 6.26. The van der Waals surface area contributed by atoms with Crippen LogP contribution in [0, 0.1) is 12.7 Å². The summed E-state index contributed by atoms with van der Waals surface area (Å²) in [5.74, 6) is 0.224. The molecule has 1 aliphatic heterocycles. The third-order valence-electron chi connectivity index (χ3n) is 3.51. The molecule has 1 aromatic carbocycles. The number of rotatable bonds is 1. The van der Waals surface area contributed by atoms with Crippen LogP contribution in [-0.2, 0) is 7.05 Å². The number of nitrogens with two attached hydrogens (primary N) is 1. The van der Waals surface area contributed by atoms with Crippen molar-refractivity contribution < 1.29 is 9.13 Å². The molecule has 2 aromatic rings. The fourth-order valence-corrected chi connectivity index (χ4v) is 2.60. The number of hydrogen-bond donors (Lipinski definition) is 1. The van der Waals surface area contributed by atoms with Crippen LogP contribution in [0.1, 0.15) is 35.4 Å². The molecule has 4 nitrogen and oxygen atoms in total. The standard InChI is InChI=1S/C14H16FN3O/c1-8-11(7-18(2)17-8)14-6-12(16)10-4-3-9(15)5-13(10)19-14/h3-5,7,12,14H,6,16H2,1-2H3/t12-,14?/m1/s1. The minimum absolute atomic E-state index is 0.144. The SMILES string of the molecule is Cc1nn(C)cc1C1C[C@@H](N)c2ccc(F)cc2O1. The Bertz CT molecular complexity index is 623. The highest BCUT2D eigenvalue weighted by molar-refractivity contribution is 5.39. The summed E-state index contributed by atoms with van der Waals surface area (Å²) in [6.07, 6.45) is 2.43. The maximum absolute atomic E-state index is 13.3. The fraction of sp³-hybridized carbons (Fsp3) is 0.357. The largest absolute Gasteiger partial charge is 0.485 e. The molecule has 100 valence electrons. The number of aromatic nitrogens is 2. The van der Waals surface area contributed by atoms with Crippen molar-refractivity contribution in [3.8, 4) is 5.75 Å². The number of hydrogen-bond acceptors (Lipinski definition) is 3. The van der Waals surface area contributed by atoms with Crippen molar-refractivity contribution in [2.45, 2.75) is 25.5 Å². The predicted octanol–water partition coefficient (Wildman–Crippen LogP) is 2.39. The monoisotopic (exact) mass is 261 g/mol. The van der Waals surface area contributed by atoms with Gasteiger partial charge in [-0.1, -0.05) is 6.07 Å². The zero-order chi connectivity index (χ0) is 13.6. The Morgan fingerprint density at radius 2 is 2.21 bits per heavy atom. The number of ether oxygens (including phenoxy) is 1. The van der Waals surface area contributed by atoms with Gasteiger partial charge in [0.15, 0.2) is 0 Å². The Labute approximate surface area is 111 Å². The Hall–Kier alpha value is -1.88. The zero-order valence-electron chi connectivity index (χ0n) is 10.9. The second-order valence-electron chi connectivity index (χ2n) is 4.97. The first kappa shape index (κ1) is 12.2. The second kappa shape index (κ2) is 4.35. The number of benzene rings is 1. The van der Waals surface area contributed by atoms with Crippen LogP contribution in [0.3, 0.4) is 0 Å². The van der Waals surface area contributed by atoms with E-state index in [4.69, 9.17) is 10.5 Å². The van der Waals surface area contributed by atoms with Crippen LogP contribution in [0.2, 0.25) is 0 Å². The molecular weight excluding hydrogens is 245 g/mol. The molecule has 0 saturated carbocycles. The molecule has 1 aromatic heterocycles. The van der Waals surface area contributed by atoms with Gasteiger partial charge < -0.3 is 10.5 Å². The quantitative estimate of drug-likeness (QED) is 0.857. The molecule has 2 N–H and O–H groups in total. The molecule has 0 saturated heterocycles. The van der Waals surface area contributed by atoms with Crippen molar-refractivity contribution in [1.82, 2.24) is 9.78 Å². The summed E-state index contributed by atoms with van der Waals surface area (Å²) < 4.78 is 20.9. The van der Waals surface area contributed by atoms with E-state index < -0.39 is 0 Å². The van der Waals surface area contributed by atoms with E-state index in [-0.39, 0.29) is 18.0 Å². The molecule has 0 spiro atoms. The van der Waals surface area contributed by atoms with E-state index >= 15 is 0 Å². The summed E-state index contributed by atoms with van der Waals surface area (Å²) in [7, 11) is 1.87. The highest BCUT2D eigenvalue weighted by Crippen LogP contribution is 2.40. The summed E-state index contributed by atoms with van der Waals surface area (Å²) in [4.78, 5) is 0. The van der Waals surface area contributed by atoms with E-state index in [0.29, 0.717) is 12.2 Å². The lowest BCUT2D eigenvalue weighted by Gasteiger charge is -2.30. The Kier molecular flexibility index (Phi) is 2.78. The average Bonchev–Trinajstić information content (AvgIpc) is 2.67. The van der Waals surface area contributed by atoms with Crippen molar-refractivity contribution in [3.05, 3.63) is 47.0 Å². The number of halogens is 1. The van der Waals surface area contributed by atoms with E-state index in [1.54, 1.807) is 10.7 Å². The van der Waals surface area contributed by atoms with Crippen molar-refractivity contribution in [1.29, 1.82) is 0 Å². The zero-order valence-corrected chi connectivity index (χ0v) is 10.9. The molecule has 0 amide bonds. The summed E-state index contributed by atoms with van der Waals surface area (Å²) >= 11 is 0. The van der Waals surface area contributed by atoms with Gasteiger partial charge in [0.25, 0.3) is 0 Å². The molecule has 3 rings (SSSR count). The number of fused-ring (bicyclic) bond motifs is 1. The smallest absolute Gasteiger partial charge is 0.129 e. The predicted molar refractivity (Wildman–Crippen MR) is 69.3 cm³/mol. The molecular formula is C14H16FN3O. The van der Waals surface area contributed by atoms with E-state index in [0.717, 1.165) is 16.8 Å². The third-order valence-corrected chi connectivity index (χ3v) is 3.51. The lowest BCUT2D eigenvalue weighted by molar-refractivity contribution is 0.160. The molecule has 0 aliphatic carbocycles. The van der Waals surface area contributed by atoms with Crippen LogP contribution in [0.4, 0.5) is 4.39 Å². The molecule has 19 heavy (non-hydrogen) atoms. The van der Waals surface area contributed by atoms with Crippen molar-refractivity contribution in [2.75, 3.05) is 0 Å². The van der Waals surface area contributed by atoms with E-state index in [1.807, 2.05) is 20.2 Å². The Morgan fingerprint density at radius 3 is 2.89 bits per heavy atom. The van der Waals surface area contributed by atoms with E-state index in [2.05, 4.69) is 5.10 Å². The molecule has 0 bridgehead atoms. The summed E-state index contributed by atoms with van der Waals surface area (Å²) in [5.41, 5.74) is 8.94. The van der Waals surface area contributed by atoms with Crippen molar-refractivity contribution in [2.24, 2.45) is 12.8 Å². The van der Waals surface area contributed by atoms with Gasteiger partial charge in [-0.05, 0) is 13.0 Å². The molecule has 2 atom stereocenters. The molecule has 1 aliphatic rings. The van der Waals surface area contributed by atoms with Crippen molar-refractivity contribution in [3.63, 3.8) is 0 Å². The molecule has 2 heterocycles. The first-order chi connectivity index (χ1) is 9.04. The van der Waals surface area contributed by atoms with Gasteiger partial charge in [0.05, 0.1) is 5.69 Å². The van der Waals surface area contributed by atoms with Gasteiger partial charge in [-0.2, -0.15) is 5.10 Å². The normalized spacial score (nSPS) is 21.9. The minimum atomic E-state index is -0.311. The van der Waals surface area contributed by atoms with Gasteiger partial charge in [-0.25, -0.2) is 4.39 Å². The van der Waals surface area contributed by atoms with Crippen LogP contribution in [0.25, 0.3) is 0 Å². The van der Waals surface area contributed by atoms with Crippen LogP contribution < -0.4 is 10.5 Å². The third kappa shape index (κ3) is 2.10. The van der Waals surface area contributed by atoms with Gasteiger partial charge in [-0.3, -0.25) is 4.68 Å². The van der Waals surface area contributed by atoms with Crippen LogP contribution in [0.5, 0.6) is 5.75 Å². The topological polar surface area (TPSA) is 53.1 Å². The maximum atomic E-state index is 13.3.